The number of anilines is 1. The second kappa shape index (κ2) is 8.39. The van der Waals surface area contributed by atoms with E-state index in [9.17, 15) is 13.2 Å². The maximum atomic E-state index is 12.2. The number of ether oxygens (including phenoxy) is 1. The number of halogens is 3. The molecule has 0 amide bonds. The number of furan rings is 1. The highest BCUT2D eigenvalue weighted by Crippen LogP contribution is 2.24. The molecular formula is C16H14F3N3O2S. The second-order valence-corrected chi connectivity index (χ2v) is 5.30. The maximum Gasteiger partial charge on any atom is 0.573 e. The molecule has 0 atom stereocenters. The van der Waals surface area contributed by atoms with Crippen LogP contribution in [-0.4, -0.2) is 22.9 Å². The fourth-order valence-corrected chi connectivity index (χ4v) is 2.24. The summed E-state index contributed by atoms with van der Waals surface area (Å²) in [7, 11) is 0. The van der Waals surface area contributed by atoms with Crippen molar-refractivity contribution in [2.45, 2.75) is 19.3 Å². The van der Waals surface area contributed by atoms with Crippen molar-refractivity contribution in [3.05, 3.63) is 48.4 Å². The molecule has 2 aromatic rings. The Kier molecular flexibility index (Phi) is 6.25. The first kappa shape index (κ1) is 18.6. The molecule has 1 aromatic heterocycles. The Hall–Kier alpha value is -2.73. The van der Waals surface area contributed by atoms with Gasteiger partial charge in [-0.25, -0.2) is 0 Å². The molecule has 0 unspecified atom stereocenters. The fourth-order valence-electron chi connectivity index (χ4n) is 1.97. The van der Waals surface area contributed by atoms with E-state index in [1.165, 1.54) is 30.5 Å². The molecule has 0 spiro atoms. The van der Waals surface area contributed by atoms with Crippen molar-refractivity contribution in [2.75, 3.05) is 11.9 Å². The van der Waals surface area contributed by atoms with Crippen LogP contribution in [0.5, 0.6) is 5.75 Å². The van der Waals surface area contributed by atoms with E-state index in [0.29, 0.717) is 29.6 Å². The van der Waals surface area contributed by atoms with Crippen molar-refractivity contribution >= 4 is 23.0 Å². The number of hydrogen-bond donors (Lipinski definition) is 1. The average molecular weight is 369 g/mol. The highest BCUT2D eigenvalue weighted by Gasteiger charge is 2.30. The van der Waals surface area contributed by atoms with Crippen molar-refractivity contribution in [1.29, 1.82) is 5.26 Å². The van der Waals surface area contributed by atoms with Crippen LogP contribution in [0.2, 0.25) is 0 Å². The number of nitrogens with one attached hydrogen (secondary N) is 1. The molecule has 9 heteroatoms. The molecule has 0 fully saturated rings. The third-order valence-electron chi connectivity index (χ3n) is 3.05. The summed E-state index contributed by atoms with van der Waals surface area (Å²) >= 11 is 5.32. The van der Waals surface area contributed by atoms with E-state index in [4.69, 9.17) is 21.9 Å². The number of hydrogen-bond acceptors (Lipinski definition) is 4. The standard InChI is InChI=1S/C16H14F3N3O2S/c17-16(18,19)24-13-6-4-12(5-7-13)21-15(25)22(9-2-8-20)11-14-3-1-10-23-14/h1,3-7,10H,2,9,11H2,(H,21,25). The Morgan fingerprint density at radius 2 is 2.00 bits per heavy atom. The molecule has 5 nitrogen and oxygen atoms in total. The molecule has 0 aliphatic rings. The summed E-state index contributed by atoms with van der Waals surface area (Å²) in [5.74, 6) is 0.358. The largest absolute Gasteiger partial charge is 0.573 e. The molecular weight excluding hydrogens is 355 g/mol. The van der Waals surface area contributed by atoms with Crippen LogP contribution >= 0.6 is 12.2 Å². The minimum Gasteiger partial charge on any atom is -0.467 e. The monoisotopic (exact) mass is 369 g/mol. The van der Waals surface area contributed by atoms with Crippen molar-refractivity contribution in [3.63, 3.8) is 0 Å². The highest BCUT2D eigenvalue weighted by molar-refractivity contribution is 7.80. The van der Waals surface area contributed by atoms with Crippen LogP contribution in [0.1, 0.15) is 12.2 Å². The second-order valence-electron chi connectivity index (χ2n) is 4.91. The first-order chi connectivity index (χ1) is 11.9. The molecule has 2 rings (SSSR count). The molecule has 0 bridgehead atoms. The van der Waals surface area contributed by atoms with Crippen molar-refractivity contribution < 1.29 is 22.3 Å². The van der Waals surface area contributed by atoms with E-state index in [1.54, 1.807) is 17.0 Å². The molecule has 25 heavy (non-hydrogen) atoms. The predicted molar refractivity (Wildman–Crippen MR) is 88.7 cm³/mol. The van der Waals surface area contributed by atoms with Gasteiger partial charge < -0.3 is 19.4 Å². The fraction of sp³-hybridized carbons (Fsp3) is 0.250. The van der Waals surface area contributed by atoms with E-state index in [1.807, 2.05) is 6.07 Å². The Morgan fingerprint density at radius 1 is 1.28 bits per heavy atom. The van der Waals surface area contributed by atoms with Gasteiger partial charge in [-0.3, -0.25) is 0 Å². The zero-order valence-electron chi connectivity index (χ0n) is 12.9. The van der Waals surface area contributed by atoms with Crippen molar-refractivity contribution in [3.8, 4) is 11.8 Å². The van der Waals surface area contributed by atoms with E-state index in [0.717, 1.165) is 0 Å². The van der Waals surface area contributed by atoms with Crippen molar-refractivity contribution in [2.24, 2.45) is 0 Å². The van der Waals surface area contributed by atoms with Gasteiger partial charge >= 0.3 is 6.36 Å². The SMILES string of the molecule is N#CCCN(Cc1ccco1)C(=S)Nc1ccc(OC(F)(F)F)cc1. The molecule has 1 aromatic carbocycles. The smallest absolute Gasteiger partial charge is 0.467 e. The summed E-state index contributed by atoms with van der Waals surface area (Å²) in [6.07, 6.45) is -2.93. The van der Waals surface area contributed by atoms with Crippen LogP contribution in [0, 0.1) is 11.3 Å². The van der Waals surface area contributed by atoms with Gasteiger partial charge in [-0.2, -0.15) is 5.26 Å². The Bertz CT molecular complexity index is 725. The molecule has 132 valence electrons. The van der Waals surface area contributed by atoms with Gasteiger partial charge in [0.15, 0.2) is 5.11 Å². The lowest BCUT2D eigenvalue weighted by Crippen LogP contribution is -2.34. The van der Waals surface area contributed by atoms with Crippen LogP contribution in [0.3, 0.4) is 0 Å². The first-order valence-corrected chi connectivity index (χ1v) is 7.59. The number of alkyl halides is 3. The lowest BCUT2D eigenvalue weighted by Gasteiger charge is -2.24. The summed E-state index contributed by atoms with van der Waals surface area (Å²) in [4.78, 5) is 1.73. The normalized spacial score (nSPS) is 10.8. The summed E-state index contributed by atoms with van der Waals surface area (Å²) in [6, 6.07) is 10.8. The van der Waals surface area contributed by atoms with Crippen LogP contribution in [0.4, 0.5) is 18.9 Å². The van der Waals surface area contributed by atoms with Gasteiger partial charge in [0.05, 0.1) is 25.3 Å². The van der Waals surface area contributed by atoms with Gasteiger partial charge in [0.1, 0.15) is 11.5 Å². The number of thiocarbonyl (C=S) groups is 1. The number of rotatable bonds is 6. The van der Waals surface area contributed by atoms with Gasteiger partial charge in [0.25, 0.3) is 0 Å². The van der Waals surface area contributed by atoms with Crippen molar-refractivity contribution in [1.82, 2.24) is 4.90 Å². The summed E-state index contributed by atoms with van der Waals surface area (Å²) in [6.45, 7) is 0.758. The minimum atomic E-state index is -4.73. The molecule has 0 saturated heterocycles. The number of nitriles is 1. The molecule has 0 radical (unpaired) electrons. The quantitative estimate of drug-likeness (QED) is 0.767. The lowest BCUT2D eigenvalue weighted by molar-refractivity contribution is -0.274. The van der Waals surface area contributed by atoms with E-state index in [2.05, 4.69) is 10.1 Å². The Morgan fingerprint density at radius 3 is 2.56 bits per heavy atom. The maximum absolute atomic E-state index is 12.2. The van der Waals surface area contributed by atoms with E-state index < -0.39 is 6.36 Å². The van der Waals surface area contributed by atoms with Crippen LogP contribution in [0.25, 0.3) is 0 Å². The Labute approximate surface area is 147 Å². The summed E-state index contributed by atoms with van der Waals surface area (Å²) < 4.78 is 45.6. The predicted octanol–water partition coefficient (Wildman–Crippen LogP) is 4.29. The summed E-state index contributed by atoms with van der Waals surface area (Å²) in [5.41, 5.74) is 0.501. The molecule has 1 heterocycles. The molecule has 0 aliphatic heterocycles. The van der Waals surface area contributed by atoms with Gasteiger partial charge in [-0.15, -0.1) is 13.2 Å². The van der Waals surface area contributed by atoms with E-state index >= 15 is 0 Å². The number of nitrogens with zero attached hydrogens (tertiary/aromatic N) is 2. The van der Waals surface area contributed by atoms with Crippen LogP contribution in [-0.2, 0) is 6.54 Å². The highest BCUT2D eigenvalue weighted by atomic mass is 32.1. The van der Waals surface area contributed by atoms with Crippen LogP contribution in [0.15, 0.2) is 47.1 Å². The Balaban J connectivity index is 2.00. The molecule has 0 aliphatic carbocycles. The van der Waals surface area contributed by atoms with E-state index in [-0.39, 0.29) is 12.2 Å². The average Bonchev–Trinajstić information content (AvgIpc) is 3.05. The first-order valence-electron chi connectivity index (χ1n) is 7.18. The van der Waals surface area contributed by atoms with Gasteiger partial charge in [0, 0.05) is 12.2 Å². The molecule has 1 N–H and O–H groups in total. The minimum absolute atomic E-state index is 0.265. The summed E-state index contributed by atoms with van der Waals surface area (Å²) in [5, 5.41) is 12.0. The van der Waals surface area contributed by atoms with Crippen LogP contribution < -0.4 is 10.1 Å². The lowest BCUT2D eigenvalue weighted by atomic mass is 10.3. The van der Waals surface area contributed by atoms with Gasteiger partial charge in [-0.05, 0) is 48.6 Å². The molecule has 0 saturated carbocycles. The third-order valence-corrected chi connectivity index (χ3v) is 3.41. The zero-order valence-corrected chi connectivity index (χ0v) is 13.7. The zero-order chi connectivity index (χ0) is 18.3. The van der Waals surface area contributed by atoms with Gasteiger partial charge in [-0.1, -0.05) is 0 Å². The number of benzene rings is 1. The third kappa shape index (κ3) is 6.35. The topological polar surface area (TPSA) is 61.4 Å². The van der Waals surface area contributed by atoms with Gasteiger partial charge in [0.2, 0.25) is 0 Å².